The third-order valence-electron chi connectivity index (χ3n) is 6.14. The van der Waals surface area contributed by atoms with Crippen LogP contribution in [-0.2, 0) is 0 Å². The average molecular weight is 291 g/mol. The largest absolute Gasteiger partial charge is 0.0991 e. The van der Waals surface area contributed by atoms with Gasteiger partial charge in [-0.15, -0.1) is 0 Å². The van der Waals surface area contributed by atoms with Crippen molar-refractivity contribution >= 4 is 0 Å². The molecule has 5 unspecified atom stereocenters. The number of rotatable bonds is 9. The van der Waals surface area contributed by atoms with Gasteiger partial charge in [0.1, 0.15) is 0 Å². The molecule has 0 saturated heterocycles. The molecule has 1 aliphatic rings. The number of hydrogen-bond acceptors (Lipinski definition) is 0. The van der Waals surface area contributed by atoms with Gasteiger partial charge in [0.2, 0.25) is 0 Å². The van der Waals surface area contributed by atoms with Crippen molar-refractivity contribution in [1.82, 2.24) is 0 Å². The molecule has 0 radical (unpaired) electrons. The molecule has 0 aromatic rings. The van der Waals surface area contributed by atoms with Crippen molar-refractivity contribution in [3.05, 3.63) is 24.3 Å². The summed E-state index contributed by atoms with van der Waals surface area (Å²) in [5.74, 6) is 4.67. The van der Waals surface area contributed by atoms with Gasteiger partial charge in [-0.25, -0.2) is 0 Å². The monoisotopic (exact) mass is 290 g/mol. The van der Waals surface area contributed by atoms with Crippen molar-refractivity contribution in [2.24, 2.45) is 29.6 Å². The van der Waals surface area contributed by atoms with Crippen molar-refractivity contribution in [3.8, 4) is 0 Å². The highest BCUT2D eigenvalue weighted by molar-refractivity contribution is 5.10. The predicted molar refractivity (Wildman–Crippen MR) is 96.4 cm³/mol. The highest BCUT2D eigenvalue weighted by atomic mass is 14.4. The number of hydrogen-bond donors (Lipinski definition) is 0. The van der Waals surface area contributed by atoms with E-state index in [2.05, 4.69) is 47.3 Å². The lowest BCUT2D eigenvalue weighted by Crippen LogP contribution is -2.15. The van der Waals surface area contributed by atoms with E-state index >= 15 is 0 Å². The minimum absolute atomic E-state index is 0.886. The molecular weight excluding hydrogens is 252 g/mol. The second kappa shape index (κ2) is 9.49. The Kier molecular flexibility index (Phi) is 8.37. The lowest BCUT2D eigenvalue weighted by molar-refractivity contribution is 0.275. The maximum absolute atomic E-state index is 3.87. The van der Waals surface area contributed by atoms with Gasteiger partial charge in [0.25, 0.3) is 0 Å². The molecule has 1 fully saturated rings. The molecule has 0 aromatic heterocycles. The molecule has 1 saturated carbocycles. The summed E-state index contributed by atoms with van der Waals surface area (Å²) in [5, 5.41) is 0. The van der Waals surface area contributed by atoms with Crippen LogP contribution in [0.4, 0.5) is 0 Å². The molecule has 0 spiro atoms. The molecule has 0 bridgehead atoms. The highest BCUT2D eigenvalue weighted by Crippen LogP contribution is 2.46. The molecule has 0 amide bonds. The van der Waals surface area contributed by atoms with Gasteiger partial charge in [-0.1, -0.05) is 78.2 Å². The summed E-state index contributed by atoms with van der Waals surface area (Å²) in [6.07, 6.45) is 13.7. The average Bonchev–Trinajstić information content (AvgIpc) is 2.74. The maximum Gasteiger partial charge on any atom is -0.0289 e. The van der Waals surface area contributed by atoms with Crippen LogP contribution in [0.5, 0.6) is 0 Å². The predicted octanol–water partition coefficient (Wildman–Crippen LogP) is 7.02. The van der Waals surface area contributed by atoms with Crippen LogP contribution in [-0.4, -0.2) is 0 Å². The Labute approximate surface area is 134 Å². The summed E-state index contributed by atoms with van der Waals surface area (Å²) in [4.78, 5) is 0. The maximum atomic E-state index is 3.87. The van der Waals surface area contributed by atoms with E-state index in [0.717, 1.165) is 29.6 Å². The Balaban J connectivity index is 2.66. The highest BCUT2D eigenvalue weighted by Gasteiger charge is 2.37. The standard InChI is InChI=1S/C21H38/c1-7-11-18(9-3)13-19(12-8-2)14-21-15-20(10-4)16(5)17(21)6/h7,11,16-17,19-21H,1,8-10,12-15H2,2-6H3/b18-11-. The van der Waals surface area contributed by atoms with Crippen LogP contribution in [0.2, 0.25) is 0 Å². The lowest BCUT2D eigenvalue weighted by atomic mass is 9.81. The van der Waals surface area contributed by atoms with E-state index in [1.165, 1.54) is 44.9 Å². The van der Waals surface area contributed by atoms with E-state index in [4.69, 9.17) is 0 Å². The molecule has 0 heteroatoms. The summed E-state index contributed by atoms with van der Waals surface area (Å²) in [7, 11) is 0. The Hall–Kier alpha value is -0.520. The quantitative estimate of drug-likeness (QED) is 0.400. The van der Waals surface area contributed by atoms with Gasteiger partial charge < -0.3 is 0 Å². The summed E-state index contributed by atoms with van der Waals surface area (Å²) >= 11 is 0. The summed E-state index contributed by atoms with van der Waals surface area (Å²) in [6.45, 7) is 15.9. The number of allylic oxidation sites excluding steroid dienone is 3. The van der Waals surface area contributed by atoms with E-state index in [1.807, 2.05) is 6.08 Å². The first-order valence-corrected chi connectivity index (χ1v) is 9.37. The first-order chi connectivity index (χ1) is 10.1. The van der Waals surface area contributed by atoms with E-state index in [0.29, 0.717) is 0 Å². The van der Waals surface area contributed by atoms with Crippen molar-refractivity contribution in [2.45, 2.75) is 79.6 Å². The summed E-state index contributed by atoms with van der Waals surface area (Å²) < 4.78 is 0. The van der Waals surface area contributed by atoms with Crippen LogP contribution < -0.4 is 0 Å². The molecule has 0 N–H and O–H groups in total. The summed E-state index contributed by atoms with van der Waals surface area (Å²) in [5.41, 5.74) is 1.59. The third kappa shape index (κ3) is 5.31. The van der Waals surface area contributed by atoms with Gasteiger partial charge >= 0.3 is 0 Å². The van der Waals surface area contributed by atoms with Crippen LogP contribution in [0.3, 0.4) is 0 Å². The van der Waals surface area contributed by atoms with Gasteiger partial charge in [0.05, 0.1) is 0 Å². The molecule has 0 aromatic carbocycles. The van der Waals surface area contributed by atoms with Gasteiger partial charge in [0, 0.05) is 0 Å². The minimum atomic E-state index is 0.886. The zero-order valence-corrected chi connectivity index (χ0v) is 15.2. The van der Waals surface area contributed by atoms with E-state index in [-0.39, 0.29) is 0 Å². The first kappa shape index (κ1) is 18.5. The molecule has 0 nitrogen and oxygen atoms in total. The zero-order valence-electron chi connectivity index (χ0n) is 15.2. The van der Waals surface area contributed by atoms with Crippen LogP contribution in [0.15, 0.2) is 24.3 Å². The van der Waals surface area contributed by atoms with Crippen molar-refractivity contribution < 1.29 is 0 Å². The Bertz CT molecular complexity index is 325. The Morgan fingerprint density at radius 2 is 1.81 bits per heavy atom. The SMILES string of the molecule is C=C/C=C(/CC)CC(CCC)CC1CC(CC)C(C)C1C. The Morgan fingerprint density at radius 1 is 1.14 bits per heavy atom. The normalized spacial score (nSPS) is 31.4. The second-order valence-electron chi connectivity index (χ2n) is 7.39. The zero-order chi connectivity index (χ0) is 15.8. The van der Waals surface area contributed by atoms with Gasteiger partial charge in [-0.3, -0.25) is 0 Å². The van der Waals surface area contributed by atoms with Gasteiger partial charge in [-0.05, 0) is 55.3 Å². The molecule has 21 heavy (non-hydrogen) atoms. The van der Waals surface area contributed by atoms with Crippen LogP contribution in [0, 0.1) is 29.6 Å². The first-order valence-electron chi connectivity index (χ1n) is 9.37. The van der Waals surface area contributed by atoms with Crippen LogP contribution in [0.25, 0.3) is 0 Å². The van der Waals surface area contributed by atoms with Crippen molar-refractivity contribution in [3.63, 3.8) is 0 Å². The van der Waals surface area contributed by atoms with Gasteiger partial charge in [-0.2, -0.15) is 0 Å². The molecule has 0 aliphatic heterocycles. The lowest BCUT2D eigenvalue weighted by Gasteiger charge is -2.25. The van der Waals surface area contributed by atoms with Gasteiger partial charge in [0.15, 0.2) is 0 Å². The van der Waals surface area contributed by atoms with E-state index in [1.54, 1.807) is 5.57 Å². The smallest absolute Gasteiger partial charge is 0.0289 e. The molecule has 1 aliphatic carbocycles. The van der Waals surface area contributed by atoms with E-state index < -0.39 is 0 Å². The van der Waals surface area contributed by atoms with Crippen LogP contribution in [0.1, 0.15) is 79.6 Å². The topological polar surface area (TPSA) is 0 Å². The van der Waals surface area contributed by atoms with E-state index in [9.17, 15) is 0 Å². The molecule has 122 valence electrons. The molecule has 1 rings (SSSR count). The second-order valence-corrected chi connectivity index (χ2v) is 7.39. The molecular formula is C21H38. The van der Waals surface area contributed by atoms with Crippen molar-refractivity contribution in [2.75, 3.05) is 0 Å². The molecule has 5 atom stereocenters. The fourth-order valence-corrected chi connectivity index (χ4v) is 4.53. The fraction of sp³-hybridized carbons (Fsp3) is 0.810. The third-order valence-corrected chi connectivity index (χ3v) is 6.14. The fourth-order valence-electron chi connectivity index (χ4n) is 4.53. The van der Waals surface area contributed by atoms with Crippen LogP contribution >= 0.6 is 0 Å². The minimum Gasteiger partial charge on any atom is -0.0991 e. The molecule has 0 heterocycles. The summed E-state index contributed by atoms with van der Waals surface area (Å²) in [6, 6.07) is 0. The van der Waals surface area contributed by atoms with Crippen molar-refractivity contribution in [1.29, 1.82) is 0 Å². The Morgan fingerprint density at radius 3 is 2.29 bits per heavy atom.